The minimum Gasteiger partial charge on any atom is -0.376 e. The number of benzene rings is 1. The van der Waals surface area contributed by atoms with Crippen LogP contribution in [0.3, 0.4) is 0 Å². The third-order valence-electron chi connectivity index (χ3n) is 4.37. The van der Waals surface area contributed by atoms with E-state index in [1.165, 1.54) is 12.1 Å². The van der Waals surface area contributed by atoms with Crippen molar-refractivity contribution < 1.29 is 18.4 Å². The first-order chi connectivity index (χ1) is 13.1. The van der Waals surface area contributed by atoms with Gasteiger partial charge in [0.2, 0.25) is 5.82 Å². The molecule has 3 heterocycles. The largest absolute Gasteiger partial charge is 0.376 e. The number of hydrogen-bond donors (Lipinski definition) is 1. The molecule has 2 aromatic heterocycles. The summed E-state index contributed by atoms with van der Waals surface area (Å²) in [5.74, 6) is -0.604. The Labute approximate surface area is 154 Å². The summed E-state index contributed by atoms with van der Waals surface area (Å²) in [5, 5.41) is 11.0. The van der Waals surface area contributed by atoms with Crippen LogP contribution in [0.1, 0.15) is 29.2 Å². The molecular weight excluding hydrogens is 353 g/mol. The Morgan fingerprint density at radius 3 is 2.93 bits per heavy atom. The summed E-state index contributed by atoms with van der Waals surface area (Å²) in [6, 6.07) is 5.95. The van der Waals surface area contributed by atoms with Crippen molar-refractivity contribution in [3.63, 3.8) is 0 Å². The minimum absolute atomic E-state index is 0.0347. The Balaban J connectivity index is 1.49. The first-order valence-electron chi connectivity index (χ1n) is 8.66. The standard InChI is InChI=1S/C18H18FN5O3/c1-11-15(10-24(22-11)13-6-4-12(19)5-7-13)16-21-18(27-23-16)17(25)20-9-14-3-2-8-26-14/h4-7,10,14H,2-3,8-9H2,1H3,(H,20,25)/t14-/m0/s1. The van der Waals surface area contributed by atoms with Crippen LogP contribution < -0.4 is 5.32 Å². The van der Waals surface area contributed by atoms with E-state index in [9.17, 15) is 9.18 Å². The van der Waals surface area contributed by atoms with Gasteiger partial charge in [-0.15, -0.1) is 0 Å². The Kier molecular flexibility index (Phi) is 4.68. The summed E-state index contributed by atoms with van der Waals surface area (Å²) in [5.41, 5.74) is 1.98. The molecule has 1 atom stereocenters. The number of aryl methyl sites for hydroxylation is 1. The third-order valence-corrected chi connectivity index (χ3v) is 4.37. The predicted octanol–water partition coefficient (Wildman–Crippen LogP) is 2.28. The molecule has 0 bridgehead atoms. The van der Waals surface area contributed by atoms with Crippen LogP contribution in [0.25, 0.3) is 17.1 Å². The number of rotatable bonds is 5. The third kappa shape index (κ3) is 3.72. The summed E-state index contributed by atoms with van der Waals surface area (Å²) >= 11 is 0. The van der Waals surface area contributed by atoms with Gasteiger partial charge < -0.3 is 14.6 Å². The molecule has 9 heteroatoms. The number of halogens is 1. The molecule has 0 spiro atoms. The maximum atomic E-state index is 13.1. The molecule has 0 unspecified atom stereocenters. The van der Waals surface area contributed by atoms with E-state index in [0.29, 0.717) is 23.5 Å². The van der Waals surface area contributed by atoms with Crippen LogP contribution in [-0.4, -0.2) is 45.1 Å². The van der Waals surface area contributed by atoms with Crippen LogP contribution in [0.2, 0.25) is 0 Å². The van der Waals surface area contributed by atoms with Gasteiger partial charge in [0.25, 0.3) is 0 Å². The Morgan fingerprint density at radius 1 is 1.37 bits per heavy atom. The van der Waals surface area contributed by atoms with E-state index in [0.717, 1.165) is 19.4 Å². The first-order valence-corrected chi connectivity index (χ1v) is 8.66. The molecule has 0 saturated carbocycles. The fourth-order valence-corrected chi connectivity index (χ4v) is 2.92. The molecule has 1 N–H and O–H groups in total. The van der Waals surface area contributed by atoms with Crippen LogP contribution in [0.4, 0.5) is 4.39 Å². The molecular formula is C18H18FN5O3. The topological polar surface area (TPSA) is 95.1 Å². The van der Waals surface area contributed by atoms with E-state index in [4.69, 9.17) is 9.26 Å². The lowest BCUT2D eigenvalue weighted by atomic mass is 10.2. The lowest BCUT2D eigenvalue weighted by Gasteiger charge is -2.08. The fraction of sp³-hybridized carbons (Fsp3) is 0.333. The van der Waals surface area contributed by atoms with Crippen molar-refractivity contribution in [1.82, 2.24) is 25.2 Å². The van der Waals surface area contributed by atoms with Gasteiger partial charge in [0.05, 0.1) is 23.0 Å². The second kappa shape index (κ2) is 7.28. The second-order valence-corrected chi connectivity index (χ2v) is 6.32. The maximum Gasteiger partial charge on any atom is 0.316 e. The molecule has 27 heavy (non-hydrogen) atoms. The van der Waals surface area contributed by atoms with E-state index in [2.05, 4.69) is 20.6 Å². The zero-order valence-corrected chi connectivity index (χ0v) is 14.7. The molecule has 8 nitrogen and oxygen atoms in total. The lowest BCUT2D eigenvalue weighted by Crippen LogP contribution is -2.31. The van der Waals surface area contributed by atoms with Gasteiger partial charge in [-0.25, -0.2) is 9.07 Å². The highest BCUT2D eigenvalue weighted by Gasteiger charge is 2.21. The highest BCUT2D eigenvalue weighted by atomic mass is 19.1. The van der Waals surface area contributed by atoms with Crippen molar-refractivity contribution in [1.29, 1.82) is 0 Å². The maximum absolute atomic E-state index is 13.1. The average Bonchev–Trinajstić information content (AvgIpc) is 3.41. The number of amides is 1. The van der Waals surface area contributed by atoms with Crippen molar-refractivity contribution >= 4 is 5.91 Å². The summed E-state index contributed by atoms with van der Waals surface area (Å²) in [6.07, 6.45) is 3.67. The van der Waals surface area contributed by atoms with E-state index in [1.807, 2.05) is 0 Å². The summed E-state index contributed by atoms with van der Waals surface area (Å²) in [4.78, 5) is 16.3. The van der Waals surface area contributed by atoms with Crippen LogP contribution in [0, 0.1) is 12.7 Å². The molecule has 140 valence electrons. The zero-order valence-electron chi connectivity index (χ0n) is 14.7. The summed E-state index contributed by atoms with van der Waals surface area (Å²) < 4.78 is 25.2. The Morgan fingerprint density at radius 2 is 2.19 bits per heavy atom. The van der Waals surface area contributed by atoms with E-state index in [1.54, 1.807) is 29.9 Å². The number of hydrogen-bond acceptors (Lipinski definition) is 6. The van der Waals surface area contributed by atoms with Gasteiger partial charge in [0.15, 0.2) is 0 Å². The van der Waals surface area contributed by atoms with E-state index in [-0.39, 0.29) is 23.6 Å². The minimum atomic E-state index is -0.437. The van der Waals surface area contributed by atoms with Gasteiger partial charge in [-0.2, -0.15) is 10.1 Å². The number of carbonyl (C=O) groups excluding carboxylic acids is 1. The molecule has 0 radical (unpaired) electrons. The summed E-state index contributed by atoms with van der Waals surface area (Å²) in [7, 11) is 0. The van der Waals surface area contributed by atoms with E-state index >= 15 is 0 Å². The van der Waals surface area contributed by atoms with Gasteiger partial charge >= 0.3 is 11.8 Å². The SMILES string of the molecule is Cc1nn(-c2ccc(F)cc2)cc1-c1noc(C(=O)NC[C@@H]2CCCO2)n1. The molecule has 1 aliphatic rings. The van der Waals surface area contributed by atoms with Crippen molar-refractivity contribution in [2.75, 3.05) is 13.2 Å². The van der Waals surface area contributed by atoms with Gasteiger partial charge in [-0.1, -0.05) is 5.16 Å². The molecule has 1 aliphatic heterocycles. The van der Waals surface area contributed by atoms with Crippen LogP contribution >= 0.6 is 0 Å². The normalized spacial score (nSPS) is 16.6. The van der Waals surface area contributed by atoms with E-state index < -0.39 is 5.91 Å². The van der Waals surface area contributed by atoms with Crippen molar-refractivity contribution in [3.05, 3.63) is 47.9 Å². The second-order valence-electron chi connectivity index (χ2n) is 6.32. The highest BCUT2D eigenvalue weighted by molar-refractivity contribution is 5.89. The zero-order chi connectivity index (χ0) is 18.8. The number of carbonyl (C=O) groups is 1. The molecule has 1 saturated heterocycles. The Bertz CT molecular complexity index is 944. The van der Waals surface area contributed by atoms with Gasteiger partial charge in [0, 0.05) is 19.3 Å². The van der Waals surface area contributed by atoms with Crippen LogP contribution in [-0.2, 0) is 4.74 Å². The molecule has 1 amide bonds. The number of nitrogens with zero attached hydrogens (tertiary/aromatic N) is 4. The van der Waals surface area contributed by atoms with Gasteiger partial charge in [0.1, 0.15) is 5.82 Å². The molecule has 1 fully saturated rings. The quantitative estimate of drug-likeness (QED) is 0.739. The average molecular weight is 371 g/mol. The fourth-order valence-electron chi connectivity index (χ4n) is 2.92. The number of ether oxygens (including phenoxy) is 1. The van der Waals surface area contributed by atoms with Crippen molar-refractivity contribution in [3.8, 4) is 17.1 Å². The first kappa shape index (κ1) is 17.3. The monoisotopic (exact) mass is 371 g/mol. The number of aromatic nitrogens is 4. The molecule has 4 rings (SSSR count). The van der Waals surface area contributed by atoms with Crippen molar-refractivity contribution in [2.24, 2.45) is 0 Å². The highest BCUT2D eigenvalue weighted by Crippen LogP contribution is 2.21. The molecule has 3 aromatic rings. The molecule has 0 aliphatic carbocycles. The number of nitrogens with one attached hydrogen (secondary N) is 1. The van der Waals surface area contributed by atoms with Crippen LogP contribution in [0.15, 0.2) is 35.0 Å². The van der Waals surface area contributed by atoms with Gasteiger partial charge in [-0.05, 0) is 44.0 Å². The summed E-state index contributed by atoms with van der Waals surface area (Å²) in [6.45, 7) is 2.93. The predicted molar refractivity (Wildman–Crippen MR) is 92.9 cm³/mol. The lowest BCUT2D eigenvalue weighted by molar-refractivity contribution is 0.0822. The van der Waals surface area contributed by atoms with Crippen LogP contribution in [0.5, 0.6) is 0 Å². The smallest absolute Gasteiger partial charge is 0.316 e. The van der Waals surface area contributed by atoms with Crippen molar-refractivity contribution in [2.45, 2.75) is 25.9 Å². The Hall–Kier alpha value is -3.07. The molecule has 1 aromatic carbocycles. The van der Waals surface area contributed by atoms with Gasteiger partial charge in [-0.3, -0.25) is 4.79 Å².